The number of nitro benzene ring substituents is 1. The fourth-order valence-electron chi connectivity index (χ4n) is 5.27. The SMILES string of the molecule is O=[N+]([O-])c1cc(C=CCC2CNCCC2c2ccccc2)ccc1C1CCCCC1. The third-order valence-corrected chi connectivity index (χ3v) is 6.88. The van der Waals surface area contributed by atoms with E-state index in [1.165, 1.54) is 24.8 Å². The maximum absolute atomic E-state index is 11.7. The zero-order valence-corrected chi connectivity index (χ0v) is 17.6. The molecule has 0 aromatic heterocycles. The first kappa shape index (κ1) is 20.8. The molecule has 2 fully saturated rings. The standard InChI is InChI=1S/C26H32N2O2/c29-28(30)26-18-20(14-15-25(26)22-11-5-2-6-12-22)8-7-13-23-19-27-17-16-24(23)21-9-3-1-4-10-21/h1,3-4,7-10,14-15,18,22-24,27H,2,5-6,11-13,16-17,19H2. The summed E-state index contributed by atoms with van der Waals surface area (Å²) in [6, 6.07) is 16.6. The van der Waals surface area contributed by atoms with Crippen LogP contribution in [-0.2, 0) is 0 Å². The number of hydrogen-bond acceptors (Lipinski definition) is 3. The lowest BCUT2D eigenvalue weighted by Crippen LogP contribution is -2.35. The van der Waals surface area contributed by atoms with E-state index < -0.39 is 0 Å². The van der Waals surface area contributed by atoms with Crippen LogP contribution in [-0.4, -0.2) is 18.0 Å². The molecule has 2 atom stereocenters. The second kappa shape index (κ2) is 10.0. The van der Waals surface area contributed by atoms with Crippen LogP contribution in [0.4, 0.5) is 5.69 Å². The number of rotatable bonds is 6. The molecule has 2 aliphatic rings. The van der Waals surface area contributed by atoms with E-state index in [0.717, 1.165) is 49.9 Å². The lowest BCUT2D eigenvalue weighted by atomic mass is 9.79. The largest absolute Gasteiger partial charge is 0.316 e. The average Bonchev–Trinajstić information content (AvgIpc) is 2.80. The Balaban J connectivity index is 1.46. The molecule has 1 aliphatic heterocycles. The van der Waals surface area contributed by atoms with E-state index in [0.29, 0.717) is 23.4 Å². The Labute approximate surface area is 179 Å². The molecule has 2 aromatic rings. The van der Waals surface area contributed by atoms with Gasteiger partial charge in [0.25, 0.3) is 5.69 Å². The summed E-state index contributed by atoms with van der Waals surface area (Å²) in [5.41, 5.74) is 3.58. The van der Waals surface area contributed by atoms with Crippen LogP contribution in [0.1, 0.15) is 73.5 Å². The van der Waals surface area contributed by atoms with E-state index >= 15 is 0 Å². The highest BCUT2D eigenvalue weighted by molar-refractivity contribution is 5.57. The first-order valence-corrected chi connectivity index (χ1v) is 11.4. The summed E-state index contributed by atoms with van der Waals surface area (Å²) in [4.78, 5) is 11.5. The maximum atomic E-state index is 11.7. The first-order chi connectivity index (χ1) is 14.7. The number of allylic oxidation sites excluding steroid dienone is 1. The monoisotopic (exact) mass is 404 g/mol. The van der Waals surface area contributed by atoms with Gasteiger partial charge in [-0.15, -0.1) is 0 Å². The molecule has 0 radical (unpaired) electrons. The molecule has 0 amide bonds. The van der Waals surface area contributed by atoms with Crippen molar-refractivity contribution in [2.45, 2.75) is 56.8 Å². The zero-order chi connectivity index (χ0) is 20.8. The molecule has 1 aliphatic carbocycles. The smallest absolute Gasteiger partial charge is 0.273 e. The number of nitro groups is 1. The molecule has 30 heavy (non-hydrogen) atoms. The summed E-state index contributed by atoms with van der Waals surface area (Å²) < 4.78 is 0. The molecule has 0 bridgehead atoms. The van der Waals surface area contributed by atoms with Crippen molar-refractivity contribution in [3.63, 3.8) is 0 Å². The molecule has 4 nitrogen and oxygen atoms in total. The van der Waals surface area contributed by atoms with Crippen LogP contribution in [0.3, 0.4) is 0 Å². The normalized spacial score (nSPS) is 22.9. The van der Waals surface area contributed by atoms with Crippen LogP contribution in [0.5, 0.6) is 0 Å². The second-order valence-electron chi connectivity index (χ2n) is 8.82. The minimum Gasteiger partial charge on any atom is -0.316 e. The molecule has 1 N–H and O–H groups in total. The number of benzene rings is 2. The predicted molar refractivity (Wildman–Crippen MR) is 123 cm³/mol. The zero-order valence-electron chi connectivity index (χ0n) is 17.6. The van der Waals surface area contributed by atoms with Crippen molar-refractivity contribution in [1.29, 1.82) is 0 Å². The van der Waals surface area contributed by atoms with Gasteiger partial charge in [0, 0.05) is 11.6 Å². The van der Waals surface area contributed by atoms with Gasteiger partial charge in [-0.05, 0) is 67.7 Å². The summed E-state index contributed by atoms with van der Waals surface area (Å²) >= 11 is 0. The minimum atomic E-state index is -0.197. The molecule has 0 spiro atoms. The van der Waals surface area contributed by atoms with Crippen LogP contribution in [0, 0.1) is 16.0 Å². The third-order valence-electron chi connectivity index (χ3n) is 6.88. The molecule has 1 heterocycles. The van der Waals surface area contributed by atoms with Crippen molar-refractivity contribution < 1.29 is 4.92 Å². The van der Waals surface area contributed by atoms with Gasteiger partial charge in [0.15, 0.2) is 0 Å². The minimum absolute atomic E-state index is 0.197. The maximum Gasteiger partial charge on any atom is 0.273 e. The molecular weight excluding hydrogens is 372 g/mol. The van der Waals surface area contributed by atoms with Gasteiger partial charge in [-0.1, -0.05) is 73.9 Å². The summed E-state index contributed by atoms with van der Waals surface area (Å²) in [5, 5.41) is 15.2. The molecule has 4 rings (SSSR count). The van der Waals surface area contributed by atoms with E-state index in [-0.39, 0.29) is 4.92 Å². The summed E-state index contributed by atoms with van der Waals surface area (Å²) in [6.07, 6.45) is 12.2. The van der Waals surface area contributed by atoms with Gasteiger partial charge >= 0.3 is 0 Å². The summed E-state index contributed by atoms with van der Waals surface area (Å²) in [6.45, 7) is 2.08. The molecule has 158 valence electrons. The van der Waals surface area contributed by atoms with Crippen molar-refractivity contribution in [1.82, 2.24) is 5.32 Å². The van der Waals surface area contributed by atoms with Crippen LogP contribution in [0.25, 0.3) is 6.08 Å². The third kappa shape index (κ3) is 4.99. The van der Waals surface area contributed by atoms with E-state index in [1.54, 1.807) is 6.07 Å². The first-order valence-electron chi connectivity index (χ1n) is 11.4. The predicted octanol–water partition coefficient (Wildman–Crippen LogP) is 6.44. The van der Waals surface area contributed by atoms with E-state index in [1.807, 2.05) is 6.07 Å². The summed E-state index contributed by atoms with van der Waals surface area (Å²) in [7, 11) is 0. The topological polar surface area (TPSA) is 55.2 Å². The highest BCUT2D eigenvalue weighted by Gasteiger charge is 2.26. The number of piperidine rings is 1. The van der Waals surface area contributed by atoms with Crippen molar-refractivity contribution in [2.24, 2.45) is 5.92 Å². The quantitative estimate of drug-likeness (QED) is 0.445. The van der Waals surface area contributed by atoms with Crippen molar-refractivity contribution in [3.05, 3.63) is 81.4 Å². The van der Waals surface area contributed by atoms with Gasteiger partial charge < -0.3 is 5.32 Å². The van der Waals surface area contributed by atoms with Gasteiger partial charge in [-0.2, -0.15) is 0 Å². The summed E-state index contributed by atoms with van der Waals surface area (Å²) in [5.74, 6) is 1.46. The van der Waals surface area contributed by atoms with Gasteiger partial charge in [0.05, 0.1) is 4.92 Å². The van der Waals surface area contributed by atoms with E-state index in [4.69, 9.17) is 0 Å². The molecule has 1 saturated carbocycles. The van der Waals surface area contributed by atoms with Crippen LogP contribution in [0.2, 0.25) is 0 Å². The van der Waals surface area contributed by atoms with Gasteiger partial charge in [-0.3, -0.25) is 10.1 Å². The highest BCUT2D eigenvalue weighted by atomic mass is 16.6. The Morgan fingerprint density at radius 3 is 2.60 bits per heavy atom. The Morgan fingerprint density at radius 2 is 1.83 bits per heavy atom. The lowest BCUT2D eigenvalue weighted by Gasteiger charge is -2.32. The van der Waals surface area contributed by atoms with Crippen LogP contribution < -0.4 is 5.32 Å². The van der Waals surface area contributed by atoms with E-state index in [9.17, 15) is 10.1 Å². The Morgan fingerprint density at radius 1 is 1.03 bits per heavy atom. The van der Waals surface area contributed by atoms with Crippen LogP contribution >= 0.6 is 0 Å². The van der Waals surface area contributed by atoms with Gasteiger partial charge in [-0.25, -0.2) is 0 Å². The lowest BCUT2D eigenvalue weighted by molar-refractivity contribution is -0.385. The van der Waals surface area contributed by atoms with Crippen molar-refractivity contribution in [3.8, 4) is 0 Å². The average molecular weight is 405 g/mol. The fraction of sp³-hybridized carbons (Fsp3) is 0.462. The molecule has 2 unspecified atom stereocenters. The fourth-order valence-corrected chi connectivity index (χ4v) is 5.27. The molecule has 4 heteroatoms. The Kier molecular flexibility index (Phi) is 6.96. The Hall–Kier alpha value is -2.46. The molecule has 1 saturated heterocycles. The van der Waals surface area contributed by atoms with Crippen molar-refractivity contribution >= 4 is 11.8 Å². The number of nitrogens with zero attached hydrogens (tertiary/aromatic N) is 1. The van der Waals surface area contributed by atoms with Gasteiger partial charge in [0.1, 0.15) is 0 Å². The van der Waals surface area contributed by atoms with Gasteiger partial charge in [0.2, 0.25) is 0 Å². The molecule has 2 aromatic carbocycles. The Bertz CT molecular complexity index is 872. The molecular formula is C26H32N2O2. The highest BCUT2D eigenvalue weighted by Crippen LogP contribution is 2.38. The van der Waals surface area contributed by atoms with E-state index in [2.05, 4.69) is 53.9 Å². The van der Waals surface area contributed by atoms with Crippen molar-refractivity contribution in [2.75, 3.05) is 13.1 Å². The number of nitrogens with one attached hydrogen (secondary N) is 1. The number of hydrogen-bond donors (Lipinski definition) is 1. The van der Waals surface area contributed by atoms with Crippen LogP contribution in [0.15, 0.2) is 54.6 Å². The second-order valence-corrected chi connectivity index (χ2v) is 8.82.